The third-order valence-electron chi connectivity index (χ3n) is 4.24. The van der Waals surface area contributed by atoms with Crippen LogP contribution < -0.4 is 5.32 Å². The first-order valence-corrected chi connectivity index (χ1v) is 7.98. The monoisotopic (exact) mass is 322 g/mol. The lowest BCUT2D eigenvalue weighted by molar-refractivity contribution is 0.101. The van der Waals surface area contributed by atoms with Gasteiger partial charge in [0.15, 0.2) is 5.69 Å². The molecule has 1 aromatic carbocycles. The zero-order valence-electron chi connectivity index (χ0n) is 13.7. The molecule has 0 atom stereocenters. The SMILES string of the molecule is Cc1nc(NC(=O)c2nn(-c3ccccc3)c3c2CCC3)n(C)n1. The van der Waals surface area contributed by atoms with Gasteiger partial charge in [0.2, 0.25) is 5.95 Å². The number of fused-ring (bicyclic) bond motifs is 1. The van der Waals surface area contributed by atoms with Gasteiger partial charge in [-0.25, -0.2) is 9.36 Å². The molecule has 0 bridgehead atoms. The number of nitrogens with one attached hydrogen (secondary N) is 1. The van der Waals surface area contributed by atoms with Gasteiger partial charge in [0.1, 0.15) is 5.82 Å². The molecular formula is C17H18N6O. The largest absolute Gasteiger partial charge is 0.289 e. The number of carbonyl (C=O) groups is 1. The molecular weight excluding hydrogens is 304 g/mol. The van der Waals surface area contributed by atoms with Gasteiger partial charge in [-0.15, -0.1) is 0 Å². The summed E-state index contributed by atoms with van der Waals surface area (Å²) in [6.45, 7) is 1.79. The van der Waals surface area contributed by atoms with E-state index in [2.05, 4.69) is 20.5 Å². The van der Waals surface area contributed by atoms with Crippen LogP contribution in [0.25, 0.3) is 5.69 Å². The summed E-state index contributed by atoms with van der Waals surface area (Å²) in [4.78, 5) is 16.9. The molecule has 24 heavy (non-hydrogen) atoms. The molecule has 7 heteroatoms. The van der Waals surface area contributed by atoms with Crippen LogP contribution in [0.3, 0.4) is 0 Å². The van der Waals surface area contributed by atoms with E-state index < -0.39 is 0 Å². The van der Waals surface area contributed by atoms with Crippen molar-refractivity contribution in [2.75, 3.05) is 5.32 Å². The maximum absolute atomic E-state index is 12.7. The van der Waals surface area contributed by atoms with Gasteiger partial charge in [0.25, 0.3) is 5.91 Å². The average Bonchev–Trinajstić information content (AvgIpc) is 3.24. The highest BCUT2D eigenvalue weighted by atomic mass is 16.2. The summed E-state index contributed by atoms with van der Waals surface area (Å²) in [7, 11) is 1.75. The summed E-state index contributed by atoms with van der Waals surface area (Å²) in [5.41, 5.74) is 3.62. The van der Waals surface area contributed by atoms with Crippen molar-refractivity contribution in [1.29, 1.82) is 0 Å². The Morgan fingerprint density at radius 3 is 2.67 bits per heavy atom. The number of aryl methyl sites for hydroxylation is 2. The van der Waals surface area contributed by atoms with Gasteiger partial charge in [-0.05, 0) is 38.3 Å². The van der Waals surface area contributed by atoms with E-state index in [0.29, 0.717) is 17.5 Å². The van der Waals surface area contributed by atoms with Crippen LogP contribution in [-0.2, 0) is 19.9 Å². The molecule has 0 spiro atoms. The first-order chi connectivity index (χ1) is 11.6. The maximum Gasteiger partial charge on any atom is 0.278 e. The smallest absolute Gasteiger partial charge is 0.278 e. The van der Waals surface area contributed by atoms with E-state index >= 15 is 0 Å². The number of hydrogen-bond acceptors (Lipinski definition) is 4. The summed E-state index contributed by atoms with van der Waals surface area (Å²) in [5.74, 6) is 0.810. The van der Waals surface area contributed by atoms with E-state index in [4.69, 9.17) is 0 Å². The highest BCUT2D eigenvalue weighted by Gasteiger charge is 2.27. The van der Waals surface area contributed by atoms with Crippen LogP contribution in [0.2, 0.25) is 0 Å². The molecule has 0 fully saturated rings. The van der Waals surface area contributed by atoms with Crippen molar-refractivity contribution in [3.63, 3.8) is 0 Å². The van der Waals surface area contributed by atoms with Crippen LogP contribution in [0.4, 0.5) is 5.95 Å². The number of rotatable bonds is 3. The number of para-hydroxylation sites is 1. The van der Waals surface area contributed by atoms with Crippen LogP contribution in [-0.4, -0.2) is 30.5 Å². The van der Waals surface area contributed by atoms with Gasteiger partial charge in [-0.1, -0.05) is 18.2 Å². The Labute approximate surface area is 139 Å². The molecule has 0 aliphatic heterocycles. The van der Waals surface area contributed by atoms with Gasteiger partial charge in [0, 0.05) is 18.3 Å². The summed E-state index contributed by atoms with van der Waals surface area (Å²) in [6.07, 6.45) is 2.86. The van der Waals surface area contributed by atoms with E-state index in [1.165, 1.54) is 0 Å². The van der Waals surface area contributed by atoms with Gasteiger partial charge < -0.3 is 0 Å². The molecule has 1 aliphatic carbocycles. The van der Waals surface area contributed by atoms with E-state index in [1.54, 1.807) is 18.7 Å². The fourth-order valence-corrected chi connectivity index (χ4v) is 3.18. The van der Waals surface area contributed by atoms with Crippen molar-refractivity contribution in [3.8, 4) is 5.69 Å². The number of anilines is 1. The number of benzene rings is 1. The molecule has 2 heterocycles. The summed E-state index contributed by atoms with van der Waals surface area (Å²) >= 11 is 0. The highest BCUT2D eigenvalue weighted by molar-refractivity contribution is 6.03. The minimum Gasteiger partial charge on any atom is -0.289 e. The fourth-order valence-electron chi connectivity index (χ4n) is 3.18. The van der Waals surface area contributed by atoms with Crippen molar-refractivity contribution < 1.29 is 4.79 Å². The van der Waals surface area contributed by atoms with Gasteiger partial charge in [0.05, 0.1) is 5.69 Å². The first kappa shape index (κ1) is 14.6. The first-order valence-electron chi connectivity index (χ1n) is 7.98. The molecule has 7 nitrogen and oxygen atoms in total. The molecule has 122 valence electrons. The fraction of sp³-hybridized carbons (Fsp3) is 0.294. The second kappa shape index (κ2) is 5.59. The van der Waals surface area contributed by atoms with Crippen molar-refractivity contribution in [3.05, 3.63) is 53.1 Å². The predicted octanol–water partition coefficient (Wildman–Crippen LogP) is 2.05. The topological polar surface area (TPSA) is 77.6 Å². The second-order valence-corrected chi connectivity index (χ2v) is 5.94. The number of carbonyl (C=O) groups excluding carboxylic acids is 1. The van der Waals surface area contributed by atoms with Crippen LogP contribution >= 0.6 is 0 Å². The molecule has 2 aromatic heterocycles. The normalized spacial score (nSPS) is 13.1. The number of hydrogen-bond donors (Lipinski definition) is 1. The quantitative estimate of drug-likeness (QED) is 0.800. The molecule has 0 saturated heterocycles. The zero-order valence-corrected chi connectivity index (χ0v) is 13.7. The predicted molar refractivity (Wildman–Crippen MR) is 89.3 cm³/mol. The Hall–Kier alpha value is -2.96. The Morgan fingerprint density at radius 1 is 1.17 bits per heavy atom. The van der Waals surface area contributed by atoms with Gasteiger partial charge in [-0.2, -0.15) is 15.2 Å². The van der Waals surface area contributed by atoms with Crippen LogP contribution in [0.5, 0.6) is 0 Å². The summed E-state index contributed by atoms with van der Waals surface area (Å²) in [6, 6.07) is 9.91. The van der Waals surface area contributed by atoms with Crippen LogP contribution in [0, 0.1) is 6.92 Å². The van der Waals surface area contributed by atoms with E-state index in [-0.39, 0.29) is 5.91 Å². The van der Waals surface area contributed by atoms with Crippen molar-refractivity contribution in [2.45, 2.75) is 26.2 Å². The van der Waals surface area contributed by atoms with Crippen LogP contribution in [0.15, 0.2) is 30.3 Å². The van der Waals surface area contributed by atoms with Crippen molar-refractivity contribution in [2.24, 2.45) is 7.05 Å². The Balaban J connectivity index is 1.71. The molecule has 0 unspecified atom stereocenters. The lowest BCUT2D eigenvalue weighted by atomic mass is 10.2. The Bertz CT molecular complexity index is 909. The highest BCUT2D eigenvalue weighted by Crippen LogP contribution is 2.28. The summed E-state index contributed by atoms with van der Waals surface area (Å²) in [5, 5.41) is 11.5. The Kier molecular flexibility index (Phi) is 3.41. The Morgan fingerprint density at radius 2 is 1.96 bits per heavy atom. The standard InChI is InChI=1S/C17H18N6O/c1-11-18-17(22(2)20-11)19-16(24)15-13-9-6-10-14(13)23(21-15)12-7-4-3-5-8-12/h3-5,7-8H,6,9-10H2,1-2H3,(H,18,19,20,24). The number of amides is 1. The number of nitrogens with zero attached hydrogens (tertiary/aromatic N) is 5. The van der Waals surface area contributed by atoms with E-state index in [9.17, 15) is 4.79 Å². The lowest BCUT2D eigenvalue weighted by Crippen LogP contribution is -2.17. The molecule has 3 aromatic rings. The van der Waals surface area contributed by atoms with Gasteiger partial charge in [-0.3, -0.25) is 10.1 Å². The minimum atomic E-state index is -0.238. The van der Waals surface area contributed by atoms with Crippen molar-refractivity contribution >= 4 is 11.9 Å². The summed E-state index contributed by atoms with van der Waals surface area (Å²) < 4.78 is 3.45. The lowest BCUT2D eigenvalue weighted by Gasteiger charge is -2.05. The number of aromatic nitrogens is 5. The second-order valence-electron chi connectivity index (χ2n) is 5.94. The molecule has 1 amide bonds. The molecule has 1 aliphatic rings. The maximum atomic E-state index is 12.7. The van der Waals surface area contributed by atoms with Gasteiger partial charge >= 0.3 is 0 Å². The molecule has 4 rings (SSSR count). The van der Waals surface area contributed by atoms with Crippen molar-refractivity contribution in [1.82, 2.24) is 24.5 Å². The third kappa shape index (κ3) is 2.38. The van der Waals surface area contributed by atoms with E-state index in [0.717, 1.165) is 36.2 Å². The third-order valence-corrected chi connectivity index (χ3v) is 4.24. The van der Waals surface area contributed by atoms with E-state index in [1.807, 2.05) is 35.0 Å². The zero-order chi connectivity index (χ0) is 16.7. The minimum absolute atomic E-state index is 0.238. The molecule has 0 radical (unpaired) electrons. The molecule has 1 N–H and O–H groups in total. The average molecular weight is 322 g/mol. The molecule has 0 saturated carbocycles. The van der Waals surface area contributed by atoms with Crippen LogP contribution in [0.1, 0.15) is 34.0 Å².